The van der Waals surface area contributed by atoms with Crippen LogP contribution in [-0.2, 0) is 22.3 Å². The Hall–Kier alpha value is -2.29. The Morgan fingerprint density at radius 3 is 2.31 bits per heavy atom. The van der Waals surface area contributed by atoms with Gasteiger partial charge in [-0.2, -0.15) is 13.2 Å². The van der Waals surface area contributed by atoms with Crippen LogP contribution < -0.4 is 10.6 Å². The third kappa shape index (κ3) is 7.85. The van der Waals surface area contributed by atoms with Crippen LogP contribution in [0.1, 0.15) is 65.0 Å². The first kappa shape index (κ1) is 27.3. The van der Waals surface area contributed by atoms with E-state index in [2.05, 4.69) is 15.5 Å². The second kappa shape index (κ2) is 10.8. The number of alkyl carbamates (subject to hydrolysis) is 1. The van der Waals surface area contributed by atoms with E-state index in [1.807, 2.05) is 20.8 Å². The molecule has 2 aliphatic rings. The molecule has 1 aromatic carbocycles. The Morgan fingerprint density at radius 1 is 1.09 bits per heavy atom. The number of likely N-dealkylation sites (tertiary alicyclic amines) is 1. The first-order chi connectivity index (χ1) is 16.2. The molecule has 4 atom stereocenters. The number of alkyl halides is 3. The number of nitrogens with zero attached hydrogens (tertiary/aromatic N) is 1. The van der Waals surface area contributed by atoms with E-state index in [-0.39, 0.29) is 29.4 Å². The average molecular weight is 498 g/mol. The van der Waals surface area contributed by atoms with Crippen LogP contribution in [0.4, 0.5) is 18.0 Å². The molecule has 1 aliphatic carbocycles. The van der Waals surface area contributed by atoms with E-state index in [4.69, 9.17) is 4.74 Å². The van der Waals surface area contributed by atoms with Gasteiger partial charge in [0.15, 0.2) is 0 Å². The van der Waals surface area contributed by atoms with E-state index in [1.165, 1.54) is 12.1 Å². The molecule has 0 bridgehead atoms. The largest absolute Gasteiger partial charge is 0.447 e. The van der Waals surface area contributed by atoms with Crippen LogP contribution in [0.3, 0.4) is 0 Å². The third-order valence-electron chi connectivity index (χ3n) is 6.72. The van der Waals surface area contributed by atoms with Crippen molar-refractivity contribution in [1.29, 1.82) is 0 Å². The van der Waals surface area contributed by atoms with E-state index in [0.29, 0.717) is 18.9 Å². The van der Waals surface area contributed by atoms with Crippen molar-refractivity contribution < 1.29 is 27.5 Å². The molecular formula is C26H38F3N3O3. The molecular weight excluding hydrogens is 459 g/mol. The predicted molar refractivity (Wildman–Crippen MR) is 127 cm³/mol. The molecule has 0 aromatic heterocycles. The monoisotopic (exact) mass is 497 g/mol. The Labute approximate surface area is 206 Å². The summed E-state index contributed by atoms with van der Waals surface area (Å²) < 4.78 is 43.7. The fourth-order valence-corrected chi connectivity index (χ4v) is 5.22. The van der Waals surface area contributed by atoms with Crippen molar-refractivity contribution in [3.05, 3.63) is 35.4 Å². The molecule has 196 valence electrons. The van der Waals surface area contributed by atoms with Gasteiger partial charge in [-0.25, -0.2) is 4.79 Å². The molecule has 1 heterocycles. The summed E-state index contributed by atoms with van der Waals surface area (Å²) in [6, 6.07) is 4.65. The molecule has 6 nitrogen and oxygen atoms in total. The third-order valence-corrected chi connectivity index (χ3v) is 6.72. The van der Waals surface area contributed by atoms with Gasteiger partial charge >= 0.3 is 12.3 Å². The lowest BCUT2D eigenvalue weighted by Crippen LogP contribution is -2.52. The highest BCUT2D eigenvalue weighted by molar-refractivity contribution is 5.86. The second-order valence-corrected chi connectivity index (χ2v) is 11.4. The van der Waals surface area contributed by atoms with Gasteiger partial charge in [-0.3, -0.25) is 9.69 Å². The molecule has 0 unspecified atom stereocenters. The zero-order valence-corrected chi connectivity index (χ0v) is 21.2. The predicted octanol–water partition coefficient (Wildman–Crippen LogP) is 4.97. The number of nitrogens with one attached hydrogen (secondary N) is 2. The van der Waals surface area contributed by atoms with Gasteiger partial charge < -0.3 is 15.4 Å². The normalized spacial score (nSPS) is 23.7. The van der Waals surface area contributed by atoms with Gasteiger partial charge in [0.05, 0.1) is 11.7 Å². The number of ether oxygens (including phenoxy) is 1. The molecule has 9 heteroatoms. The Bertz CT molecular complexity index is 881. The molecule has 3 rings (SSSR count). The van der Waals surface area contributed by atoms with Gasteiger partial charge in [0, 0.05) is 25.7 Å². The summed E-state index contributed by atoms with van der Waals surface area (Å²) in [5.74, 6) is 0.522. The number of halogens is 3. The van der Waals surface area contributed by atoms with Crippen LogP contribution in [0, 0.1) is 17.3 Å². The zero-order chi connectivity index (χ0) is 26.0. The SMILES string of the molecule is CC(C)OC(=O)N[C@@H](CC(C)(C)C)C(=O)N[C@H]1CC[C@@H]2CN(Cc3ccc(C(F)(F)F)cc3)C[C@@H]21. The van der Waals surface area contributed by atoms with Crippen molar-refractivity contribution in [2.75, 3.05) is 13.1 Å². The lowest BCUT2D eigenvalue weighted by molar-refractivity contribution is -0.137. The smallest absolute Gasteiger partial charge is 0.416 e. The highest BCUT2D eigenvalue weighted by atomic mass is 19.4. The highest BCUT2D eigenvalue weighted by Gasteiger charge is 2.44. The van der Waals surface area contributed by atoms with Crippen LogP contribution in [0.5, 0.6) is 0 Å². The number of carbonyl (C=O) groups is 2. The molecule has 0 radical (unpaired) electrons. The number of benzene rings is 1. The van der Waals surface area contributed by atoms with Crippen molar-refractivity contribution in [2.45, 2.75) is 84.8 Å². The summed E-state index contributed by atoms with van der Waals surface area (Å²) >= 11 is 0. The maximum absolute atomic E-state index is 13.2. The summed E-state index contributed by atoms with van der Waals surface area (Å²) in [6.07, 6.45) is -2.86. The van der Waals surface area contributed by atoms with Crippen molar-refractivity contribution in [3.63, 3.8) is 0 Å². The maximum Gasteiger partial charge on any atom is 0.416 e. The number of carbonyl (C=O) groups excluding carboxylic acids is 2. The average Bonchev–Trinajstić information content (AvgIpc) is 3.26. The fraction of sp³-hybridized carbons (Fsp3) is 0.692. The summed E-state index contributed by atoms with van der Waals surface area (Å²) in [7, 11) is 0. The molecule has 1 saturated heterocycles. The molecule has 1 aliphatic heterocycles. The van der Waals surface area contributed by atoms with E-state index in [9.17, 15) is 22.8 Å². The molecule has 1 saturated carbocycles. The standard InChI is InChI=1S/C26H38F3N3O3/c1-16(2)35-24(34)31-22(12-25(3,4)5)23(33)30-21-11-8-18-14-32(15-20(18)21)13-17-6-9-19(10-7-17)26(27,28)29/h6-7,9-10,16,18,20-22H,8,11-15H2,1-5H3,(H,30,33)(H,31,34)/t18-,20+,21+,22+/m1/s1. The van der Waals surface area contributed by atoms with Crippen LogP contribution >= 0.6 is 0 Å². The topological polar surface area (TPSA) is 70.7 Å². The van der Waals surface area contributed by atoms with Crippen molar-refractivity contribution in [1.82, 2.24) is 15.5 Å². The van der Waals surface area contributed by atoms with E-state index >= 15 is 0 Å². The quantitative estimate of drug-likeness (QED) is 0.558. The van der Waals surface area contributed by atoms with Gasteiger partial charge in [-0.15, -0.1) is 0 Å². The van der Waals surface area contributed by atoms with Gasteiger partial charge in [0.2, 0.25) is 5.91 Å². The highest BCUT2D eigenvalue weighted by Crippen LogP contribution is 2.39. The Balaban J connectivity index is 1.58. The van der Waals surface area contributed by atoms with E-state index in [0.717, 1.165) is 43.6 Å². The van der Waals surface area contributed by atoms with Crippen molar-refractivity contribution in [2.24, 2.45) is 17.3 Å². The second-order valence-electron chi connectivity index (χ2n) is 11.4. The van der Waals surface area contributed by atoms with E-state index in [1.54, 1.807) is 13.8 Å². The number of hydrogen-bond donors (Lipinski definition) is 2. The Kier molecular flexibility index (Phi) is 8.40. The number of rotatable bonds is 7. The number of fused-ring (bicyclic) bond motifs is 1. The molecule has 1 aromatic rings. The summed E-state index contributed by atoms with van der Waals surface area (Å²) in [5.41, 5.74) is 0.0339. The number of hydrogen-bond acceptors (Lipinski definition) is 4. The first-order valence-electron chi connectivity index (χ1n) is 12.4. The minimum Gasteiger partial charge on any atom is -0.447 e. The van der Waals surface area contributed by atoms with Gasteiger partial charge in [0.1, 0.15) is 6.04 Å². The van der Waals surface area contributed by atoms with Crippen LogP contribution in [0.2, 0.25) is 0 Å². The van der Waals surface area contributed by atoms with Gasteiger partial charge in [0.25, 0.3) is 0 Å². The zero-order valence-electron chi connectivity index (χ0n) is 21.2. The fourth-order valence-electron chi connectivity index (χ4n) is 5.22. The van der Waals surface area contributed by atoms with Gasteiger partial charge in [-0.05, 0) is 68.1 Å². The van der Waals surface area contributed by atoms with Gasteiger partial charge in [-0.1, -0.05) is 32.9 Å². The molecule has 2 amide bonds. The summed E-state index contributed by atoms with van der Waals surface area (Å²) in [6.45, 7) is 11.8. The summed E-state index contributed by atoms with van der Waals surface area (Å²) in [5, 5.41) is 5.91. The lowest BCUT2D eigenvalue weighted by atomic mass is 9.87. The van der Waals surface area contributed by atoms with Crippen LogP contribution in [0.15, 0.2) is 24.3 Å². The van der Waals surface area contributed by atoms with Crippen LogP contribution in [-0.4, -0.2) is 48.2 Å². The van der Waals surface area contributed by atoms with Crippen molar-refractivity contribution in [3.8, 4) is 0 Å². The molecule has 2 N–H and O–H groups in total. The lowest BCUT2D eigenvalue weighted by Gasteiger charge is -2.29. The summed E-state index contributed by atoms with van der Waals surface area (Å²) in [4.78, 5) is 27.6. The van der Waals surface area contributed by atoms with Crippen LogP contribution in [0.25, 0.3) is 0 Å². The molecule has 35 heavy (non-hydrogen) atoms. The maximum atomic E-state index is 13.2. The first-order valence-corrected chi connectivity index (χ1v) is 12.4. The Morgan fingerprint density at radius 2 is 1.74 bits per heavy atom. The minimum absolute atomic E-state index is 0.00972. The minimum atomic E-state index is -4.33. The van der Waals surface area contributed by atoms with E-state index < -0.39 is 23.9 Å². The molecule has 0 spiro atoms. The van der Waals surface area contributed by atoms with Crippen molar-refractivity contribution >= 4 is 12.0 Å². The molecule has 2 fully saturated rings. The number of amides is 2.